The van der Waals surface area contributed by atoms with Crippen LogP contribution in [0.1, 0.15) is 26.2 Å². The Bertz CT molecular complexity index is 684. The molecule has 5 nitrogen and oxygen atoms in total. The molecule has 0 aliphatic heterocycles. The first-order chi connectivity index (χ1) is 10.1. The van der Waals surface area contributed by atoms with Gasteiger partial charge in [-0.15, -0.1) is 0 Å². The summed E-state index contributed by atoms with van der Waals surface area (Å²) < 4.78 is 31.3. The first-order valence-corrected chi connectivity index (χ1v) is 8.53. The van der Waals surface area contributed by atoms with Gasteiger partial charge in [0.2, 0.25) is 0 Å². The molecule has 1 heterocycles. The third kappa shape index (κ3) is 3.77. The largest absolute Gasteiger partial charge is 0.492 e. The second-order valence-electron chi connectivity index (χ2n) is 4.55. The number of nitrogens with zero attached hydrogens (tertiary/aromatic N) is 2. The van der Waals surface area contributed by atoms with E-state index in [9.17, 15) is 8.42 Å². The van der Waals surface area contributed by atoms with Crippen molar-refractivity contribution in [3.05, 3.63) is 41.9 Å². The van der Waals surface area contributed by atoms with Gasteiger partial charge in [-0.3, -0.25) is 0 Å². The Morgan fingerprint density at radius 1 is 1.33 bits per heavy atom. The number of ether oxygens (including phenoxy) is 1. The van der Waals surface area contributed by atoms with Crippen molar-refractivity contribution in [2.45, 2.75) is 31.1 Å². The topological polar surface area (TPSA) is 61.2 Å². The van der Waals surface area contributed by atoms with E-state index < -0.39 is 10.0 Å². The van der Waals surface area contributed by atoms with E-state index in [1.165, 1.54) is 36.9 Å². The molecule has 2 rings (SSSR count). The summed E-state index contributed by atoms with van der Waals surface area (Å²) in [6.45, 7) is 2.62. The molecule has 0 amide bonds. The van der Waals surface area contributed by atoms with Crippen molar-refractivity contribution in [1.82, 2.24) is 8.96 Å². The van der Waals surface area contributed by atoms with Crippen molar-refractivity contribution in [2.75, 3.05) is 6.61 Å². The average Bonchev–Trinajstić information content (AvgIpc) is 3.00. The summed E-state index contributed by atoms with van der Waals surface area (Å²) in [5, 5.41) is 0.399. The zero-order chi connectivity index (χ0) is 15.3. The van der Waals surface area contributed by atoms with Crippen molar-refractivity contribution in [2.24, 2.45) is 0 Å². The quantitative estimate of drug-likeness (QED) is 0.731. The molecule has 2 aromatic rings. The van der Waals surface area contributed by atoms with Crippen LogP contribution in [-0.4, -0.2) is 24.0 Å². The number of aromatic nitrogens is 2. The number of halogens is 1. The molecule has 0 radical (unpaired) electrons. The van der Waals surface area contributed by atoms with E-state index in [-0.39, 0.29) is 4.90 Å². The van der Waals surface area contributed by atoms with Crippen LogP contribution in [0.2, 0.25) is 5.02 Å². The lowest BCUT2D eigenvalue weighted by Crippen LogP contribution is -2.11. The number of benzene rings is 1. The van der Waals surface area contributed by atoms with Crippen molar-refractivity contribution >= 4 is 21.6 Å². The fourth-order valence-electron chi connectivity index (χ4n) is 1.80. The van der Waals surface area contributed by atoms with Crippen LogP contribution in [0, 0.1) is 0 Å². The summed E-state index contributed by atoms with van der Waals surface area (Å²) >= 11 is 6.05. The van der Waals surface area contributed by atoms with Crippen LogP contribution < -0.4 is 4.74 Å². The van der Waals surface area contributed by atoms with E-state index in [1.807, 2.05) is 0 Å². The number of imidazole rings is 1. The predicted octanol–water partition coefficient (Wildman–Crippen LogP) is 3.34. The predicted molar refractivity (Wildman–Crippen MR) is 81.3 cm³/mol. The highest BCUT2D eigenvalue weighted by molar-refractivity contribution is 7.90. The summed E-state index contributed by atoms with van der Waals surface area (Å²) in [6.07, 6.45) is 7.09. The van der Waals surface area contributed by atoms with Crippen LogP contribution in [-0.2, 0) is 10.0 Å². The molecule has 0 aliphatic carbocycles. The molecule has 7 heteroatoms. The lowest BCUT2D eigenvalue weighted by atomic mass is 10.3. The van der Waals surface area contributed by atoms with Crippen LogP contribution in [0.15, 0.2) is 41.8 Å². The first-order valence-electron chi connectivity index (χ1n) is 6.71. The van der Waals surface area contributed by atoms with E-state index in [2.05, 4.69) is 11.9 Å². The Hall–Kier alpha value is -1.53. The molecule has 0 atom stereocenters. The van der Waals surface area contributed by atoms with Crippen molar-refractivity contribution < 1.29 is 13.2 Å². The molecular weight excluding hydrogens is 312 g/mol. The van der Waals surface area contributed by atoms with E-state index in [0.717, 1.165) is 23.2 Å². The van der Waals surface area contributed by atoms with E-state index in [1.54, 1.807) is 0 Å². The number of hydrogen-bond acceptors (Lipinski definition) is 4. The van der Waals surface area contributed by atoms with Gasteiger partial charge in [0.1, 0.15) is 12.1 Å². The van der Waals surface area contributed by atoms with Gasteiger partial charge in [-0.05, 0) is 18.6 Å². The van der Waals surface area contributed by atoms with Crippen LogP contribution in [0.4, 0.5) is 0 Å². The Morgan fingerprint density at radius 3 is 2.81 bits per heavy atom. The van der Waals surface area contributed by atoms with Gasteiger partial charge in [-0.1, -0.05) is 31.4 Å². The molecule has 0 saturated carbocycles. The fraction of sp³-hybridized carbons (Fsp3) is 0.357. The molecule has 0 unspecified atom stereocenters. The summed E-state index contributed by atoms with van der Waals surface area (Å²) in [5.74, 6) is 0.383. The molecule has 0 bridgehead atoms. The van der Waals surface area contributed by atoms with Crippen molar-refractivity contribution in [3.63, 3.8) is 0 Å². The maximum atomic E-state index is 12.4. The Labute approximate surface area is 129 Å². The van der Waals surface area contributed by atoms with Crippen LogP contribution in [0.3, 0.4) is 0 Å². The van der Waals surface area contributed by atoms with Gasteiger partial charge >= 0.3 is 0 Å². The average molecular weight is 329 g/mol. The maximum Gasteiger partial charge on any atom is 0.269 e. The minimum absolute atomic E-state index is 0.121. The van der Waals surface area contributed by atoms with Crippen LogP contribution in [0.5, 0.6) is 5.75 Å². The highest BCUT2D eigenvalue weighted by atomic mass is 35.5. The molecule has 1 aromatic heterocycles. The van der Waals surface area contributed by atoms with Gasteiger partial charge in [-0.25, -0.2) is 17.4 Å². The second-order valence-corrected chi connectivity index (χ2v) is 6.80. The van der Waals surface area contributed by atoms with Gasteiger partial charge in [0, 0.05) is 18.5 Å². The lowest BCUT2D eigenvalue weighted by molar-refractivity contribution is 0.305. The first kappa shape index (κ1) is 15.9. The van der Waals surface area contributed by atoms with E-state index in [4.69, 9.17) is 16.3 Å². The third-order valence-corrected chi connectivity index (χ3v) is 4.90. The van der Waals surface area contributed by atoms with Crippen molar-refractivity contribution in [3.8, 4) is 5.75 Å². The molecule has 0 fully saturated rings. The smallest absolute Gasteiger partial charge is 0.269 e. The number of rotatable bonds is 7. The fourth-order valence-corrected chi connectivity index (χ4v) is 3.10. The molecule has 0 saturated heterocycles. The van der Waals surface area contributed by atoms with E-state index >= 15 is 0 Å². The zero-order valence-electron chi connectivity index (χ0n) is 11.7. The monoisotopic (exact) mass is 328 g/mol. The summed E-state index contributed by atoms with van der Waals surface area (Å²) in [5.41, 5.74) is 0. The standard InChI is InChI=1S/C14H17ClN2O3S/c1-2-3-4-9-20-14-10-12(5-6-13(14)15)21(18,19)17-8-7-16-11-17/h5-8,10-11H,2-4,9H2,1H3. The van der Waals surface area contributed by atoms with Gasteiger partial charge in [0.25, 0.3) is 10.0 Å². The molecule has 21 heavy (non-hydrogen) atoms. The van der Waals surface area contributed by atoms with Gasteiger partial charge < -0.3 is 4.74 Å². The minimum Gasteiger partial charge on any atom is -0.492 e. The Morgan fingerprint density at radius 2 is 2.14 bits per heavy atom. The Kier molecular flexibility index (Phi) is 5.25. The van der Waals surface area contributed by atoms with E-state index in [0.29, 0.717) is 17.4 Å². The Balaban J connectivity index is 2.22. The number of unbranched alkanes of at least 4 members (excludes halogenated alkanes) is 2. The van der Waals surface area contributed by atoms with Gasteiger partial charge in [0.15, 0.2) is 0 Å². The van der Waals surface area contributed by atoms with Crippen LogP contribution in [0.25, 0.3) is 0 Å². The maximum absolute atomic E-state index is 12.4. The number of hydrogen-bond donors (Lipinski definition) is 0. The molecule has 0 N–H and O–H groups in total. The summed E-state index contributed by atoms with van der Waals surface area (Å²) in [4.78, 5) is 3.87. The zero-order valence-corrected chi connectivity index (χ0v) is 13.3. The highest BCUT2D eigenvalue weighted by Crippen LogP contribution is 2.28. The molecule has 1 aromatic carbocycles. The molecule has 0 spiro atoms. The molecule has 114 valence electrons. The van der Waals surface area contributed by atoms with Crippen LogP contribution >= 0.6 is 11.6 Å². The minimum atomic E-state index is -3.65. The van der Waals surface area contributed by atoms with Gasteiger partial charge in [-0.2, -0.15) is 0 Å². The molecule has 0 aliphatic rings. The summed E-state index contributed by atoms with van der Waals surface area (Å²) in [6, 6.07) is 4.43. The lowest BCUT2D eigenvalue weighted by Gasteiger charge is -2.10. The molecular formula is C14H17ClN2O3S. The SMILES string of the molecule is CCCCCOc1cc(S(=O)(=O)n2ccnc2)ccc1Cl. The third-order valence-electron chi connectivity index (χ3n) is 2.96. The highest BCUT2D eigenvalue weighted by Gasteiger charge is 2.18. The summed E-state index contributed by atoms with van der Waals surface area (Å²) in [7, 11) is -3.65. The normalized spacial score (nSPS) is 11.5. The second kappa shape index (κ2) is 6.95. The van der Waals surface area contributed by atoms with Gasteiger partial charge in [0.05, 0.1) is 16.5 Å². The van der Waals surface area contributed by atoms with Crippen molar-refractivity contribution in [1.29, 1.82) is 0 Å².